The Balaban J connectivity index is 1.55. The van der Waals surface area contributed by atoms with Gasteiger partial charge in [0.05, 0.1) is 24.3 Å². The third kappa shape index (κ3) is 5.75. The number of carboxylic acid groups (broad SMARTS) is 1. The lowest BCUT2D eigenvalue weighted by Gasteiger charge is -2.50. The lowest BCUT2D eigenvalue weighted by molar-refractivity contribution is -0.767. The molecule has 0 saturated carbocycles. The molecule has 40 heavy (non-hydrogen) atoms. The second-order valence-electron chi connectivity index (χ2n) is 8.22. The number of oxime groups is 1. The lowest BCUT2D eigenvalue weighted by Crippen LogP contribution is -2.71. The molecule has 1 saturated heterocycles. The molecule has 0 radical (unpaired) electrons. The van der Waals surface area contributed by atoms with Crippen LogP contribution in [0.1, 0.15) is 5.82 Å². The first-order valence-electron chi connectivity index (χ1n) is 11.5. The van der Waals surface area contributed by atoms with Crippen LogP contribution in [0, 0.1) is 0 Å². The highest BCUT2D eigenvalue weighted by atomic mass is 32.2. The van der Waals surface area contributed by atoms with Crippen molar-refractivity contribution in [3.8, 4) is 0 Å². The molecule has 212 valence electrons. The molecule has 4 amide bonds. The molecule has 4 rings (SSSR count). The number of carbonyl (C=O) groups is 4. The summed E-state index contributed by atoms with van der Waals surface area (Å²) in [5, 5.41) is 29.7. The summed E-state index contributed by atoms with van der Waals surface area (Å²) in [6.07, 6.45) is 2.97. The number of urea groups is 1. The number of aliphatic hydroxyl groups excluding tert-OH is 1. The molecule has 0 spiro atoms. The number of hydrogen-bond acceptors (Lipinski definition) is 13. The number of nitrogen functional groups attached to an aromatic ring is 1. The number of primary amides is 1. The highest BCUT2D eigenvalue weighted by Crippen LogP contribution is 2.40. The van der Waals surface area contributed by atoms with Gasteiger partial charge in [-0.3, -0.25) is 19.8 Å². The zero-order chi connectivity index (χ0) is 29.0. The quantitative estimate of drug-likeness (QED) is 0.0408. The Bertz CT molecular complexity index is 1420. The smallest absolute Gasteiger partial charge is 0.317 e. The van der Waals surface area contributed by atoms with Gasteiger partial charge in [-0.2, -0.15) is 9.36 Å². The van der Waals surface area contributed by atoms with E-state index >= 15 is 0 Å². The molecule has 2 aromatic rings. The number of nitrogens with one attached hydrogen (secondary N) is 2. The molecule has 1 fully saturated rings. The number of anilines is 2. The summed E-state index contributed by atoms with van der Waals surface area (Å²) in [5.74, 6) is -2.71. The maximum Gasteiger partial charge on any atom is 0.317 e. The molecule has 2 atom stereocenters. The standard InChI is InChI=1S/C21H24N10O7S2/c1-2-7-38-27-12(15-26-21(23)40-28-15)16(33)25-13-17(34)31-14(19(35)36)10(9-39-18(13)31)8-29-4-3-11(24-20(22)37)30(29)5-6-32/h2-4,13,18,32H,1,5-9H2,(H6,22,23,25,26,28,33,35,36,37)/t13-,18-/m1/s1. The Morgan fingerprint density at radius 2 is 2.20 bits per heavy atom. The number of rotatable bonds is 12. The highest BCUT2D eigenvalue weighted by molar-refractivity contribution is 8.00. The molecule has 7 N–H and O–H groups in total. The van der Waals surface area contributed by atoms with Crippen molar-refractivity contribution in [3.63, 3.8) is 0 Å². The topological polar surface area (TPSA) is 247 Å². The summed E-state index contributed by atoms with van der Waals surface area (Å²) in [7, 11) is 0. The van der Waals surface area contributed by atoms with E-state index in [1.165, 1.54) is 28.6 Å². The minimum atomic E-state index is -1.57. The van der Waals surface area contributed by atoms with Gasteiger partial charge in [0.15, 0.2) is 23.7 Å². The van der Waals surface area contributed by atoms with Crippen LogP contribution in [-0.2, 0) is 32.3 Å². The molecule has 0 aliphatic carbocycles. The van der Waals surface area contributed by atoms with Crippen molar-refractivity contribution in [2.45, 2.75) is 24.5 Å². The lowest BCUT2D eigenvalue weighted by atomic mass is 10.0. The number of aliphatic carboxylic acids is 1. The van der Waals surface area contributed by atoms with Crippen molar-refractivity contribution in [1.82, 2.24) is 24.3 Å². The van der Waals surface area contributed by atoms with Crippen LogP contribution >= 0.6 is 23.3 Å². The van der Waals surface area contributed by atoms with Crippen LogP contribution in [-0.4, -0.2) is 84.0 Å². The van der Waals surface area contributed by atoms with Crippen molar-refractivity contribution in [2.75, 3.05) is 30.0 Å². The van der Waals surface area contributed by atoms with Crippen molar-refractivity contribution in [3.05, 3.63) is 42.0 Å². The largest absolute Gasteiger partial charge is 0.543 e. The van der Waals surface area contributed by atoms with E-state index in [2.05, 4.69) is 31.7 Å². The van der Waals surface area contributed by atoms with E-state index in [1.807, 2.05) is 0 Å². The van der Waals surface area contributed by atoms with Gasteiger partial charge < -0.3 is 36.6 Å². The number of nitrogens with two attached hydrogens (primary N) is 2. The van der Waals surface area contributed by atoms with Crippen LogP contribution in [0.4, 0.5) is 15.7 Å². The summed E-state index contributed by atoms with van der Waals surface area (Å²) in [4.78, 5) is 59.6. The van der Waals surface area contributed by atoms with E-state index < -0.39 is 35.2 Å². The zero-order valence-electron chi connectivity index (χ0n) is 20.7. The monoisotopic (exact) mass is 592 g/mol. The van der Waals surface area contributed by atoms with Crippen LogP contribution in [0.25, 0.3) is 0 Å². The number of nitrogens with zero attached hydrogens (tertiary/aromatic N) is 6. The first kappa shape index (κ1) is 28.5. The van der Waals surface area contributed by atoms with E-state index in [0.717, 1.165) is 16.4 Å². The Labute approximate surface area is 234 Å². The summed E-state index contributed by atoms with van der Waals surface area (Å²) in [6, 6.07) is -0.364. The second-order valence-corrected chi connectivity index (χ2v) is 10.1. The Morgan fingerprint density at radius 1 is 1.43 bits per heavy atom. The molecule has 17 nitrogen and oxygen atoms in total. The second kappa shape index (κ2) is 12.1. The van der Waals surface area contributed by atoms with E-state index in [1.54, 1.807) is 10.9 Å². The highest BCUT2D eigenvalue weighted by Gasteiger charge is 2.53. The van der Waals surface area contributed by atoms with Crippen LogP contribution in [0.15, 0.2) is 41.3 Å². The summed E-state index contributed by atoms with van der Waals surface area (Å²) >= 11 is 2.07. The van der Waals surface area contributed by atoms with Gasteiger partial charge in [-0.15, -0.1) is 21.1 Å². The Morgan fingerprint density at radius 3 is 2.83 bits per heavy atom. The van der Waals surface area contributed by atoms with Crippen LogP contribution in [0.2, 0.25) is 0 Å². The van der Waals surface area contributed by atoms with E-state index in [4.69, 9.17) is 16.3 Å². The van der Waals surface area contributed by atoms with Crippen LogP contribution in [0.3, 0.4) is 0 Å². The van der Waals surface area contributed by atoms with Crippen molar-refractivity contribution >= 4 is 63.8 Å². The van der Waals surface area contributed by atoms with Crippen molar-refractivity contribution < 1.29 is 38.9 Å². The molecule has 0 unspecified atom stereocenters. The SMILES string of the molecule is C=CCON=C(C(=O)N[C@@H]1C(=O)N2C(C(=O)[O-])=C(C[n+]3ccc(NC(N)=O)n3CCO)CS[C@H]12)c1nsc(N)n1. The van der Waals surface area contributed by atoms with E-state index in [0.29, 0.717) is 5.57 Å². The number of aliphatic hydroxyl groups is 1. The van der Waals surface area contributed by atoms with Gasteiger partial charge in [-0.25, -0.2) is 4.79 Å². The molecule has 19 heteroatoms. The summed E-state index contributed by atoms with van der Waals surface area (Å²) in [5.41, 5.74) is 10.5. The molecule has 2 aliphatic rings. The van der Waals surface area contributed by atoms with Crippen molar-refractivity contribution in [2.24, 2.45) is 10.9 Å². The zero-order valence-corrected chi connectivity index (χ0v) is 22.3. The molecule has 0 aromatic carbocycles. The van der Waals surface area contributed by atoms with E-state index in [-0.39, 0.29) is 60.2 Å². The van der Waals surface area contributed by atoms with Crippen LogP contribution in [0.5, 0.6) is 0 Å². The first-order chi connectivity index (χ1) is 19.2. The van der Waals surface area contributed by atoms with Gasteiger partial charge in [0, 0.05) is 22.9 Å². The summed E-state index contributed by atoms with van der Waals surface area (Å²) in [6.45, 7) is 3.29. The average molecular weight is 593 g/mol. The first-order valence-corrected chi connectivity index (χ1v) is 13.3. The summed E-state index contributed by atoms with van der Waals surface area (Å²) < 4.78 is 7.01. The van der Waals surface area contributed by atoms with Crippen molar-refractivity contribution in [1.29, 1.82) is 0 Å². The average Bonchev–Trinajstić information content (AvgIpc) is 3.50. The number of thioether (sulfide) groups is 1. The fourth-order valence-corrected chi connectivity index (χ4v) is 5.81. The van der Waals surface area contributed by atoms with Gasteiger partial charge in [0.25, 0.3) is 11.8 Å². The number of hydrogen-bond donors (Lipinski definition) is 5. The number of carbonyl (C=O) groups excluding carboxylic acids is 4. The van der Waals surface area contributed by atoms with Gasteiger partial charge in [0.2, 0.25) is 11.5 Å². The van der Waals surface area contributed by atoms with Gasteiger partial charge in [-0.05, 0) is 0 Å². The molecular weight excluding hydrogens is 568 g/mol. The third-order valence-corrected chi connectivity index (χ3v) is 7.53. The maximum absolute atomic E-state index is 13.1. The Kier molecular flexibility index (Phi) is 8.65. The number of carboxylic acids is 1. The maximum atomic E-state index is 13.1. The van der Waals surface area contributed by atoms with E-state index in [9.17, 15) is 29.4 Å². The molecule has 4 heterocycles. The van der Waals surface area contributed by atoms with Gasteiger partial charge in [-0.1, -0.05) is 17.8 Å². The Hall–Kier alpha value is -4.49. The van der Waals surface area contributed by atoms with Gasteiger partial charge in [0.1, 0.15) is 24.6 Å². The molecule has 2 aromatic heterocycles. The number of β-lactam (4-membered cyclic amide) rings is 1. The fraction of sp³-hybridized carbons (Fsp3) is 0.333. The molecular formula is C21H24N10O7S2. The molecule has 0 bridgehead atoms. The normalized spacial score (nSPS) is 18.6. The third-order valence-electron chi connectivity index (χ3n) is 5.65. The minimum absolute atomic E-state index is 0.00134. The minimum Gasteiger partial charge on any atom is -0.543 e. The number of fused-ring (bicyclic) bond motifs is 1. The number of amides is 4. The van der Waals surface area contributed by atoms with Gasteiger partial charge >= 0.3 is 6.03 Å². The van der Waals surface area contributed by atoms with Crippen LogP contribution < -0.4 is 31.9 Å². The fourth-order valence-electron chi connectivity index (χ4n) is 4.04. The number of aromatic nitrogens is 4. The predicted octanol–water partition coefficient (Wildman–Crippen LogP) is -3.30. The predicted molar refractivity (Wildman–Crippen MR) is 139 cm³/mol. The molecule has 2 aliphatic heterocycles.